The van der Waals surface area contributed by atoms with Crippen LogP contribution in [0.1, 0.15) is 24.1 Å². The number of fused-ring (bicyclic) bond motifs is 1. The Morgan fingerprint density at radius 2 is 2.35 bits per heavy atom. The molecule has 0 spiro atoms. The molecule has 1 fully saturated rings. The number of hydrogen-bond acceptors (Lipinski definition) is 5. The molecule has 1 aliphatic rings. The van der Waals surface area contributed by atoms with Crippen molar-refractivity contribution in [1.29, 1.82) is 5.26 Å². The van der Waals surface area contributed by atoms with Crippen LogP contribution in [0.5, 0.6) is 0 Å². The van der Waals surface area contributed by atoms with Crippen molar-refractivity contribution in [3.63, 3.8) is 0 Å². The Bertz CT molecular complexity index is 844. The Hall–Kier alpha value is -2.66. The minimum atomic E-state index is -0.263. The molecule has 2 aromatic heterocycles. The number of H-pyrrole nitrogens is 1. The molecule has 0 bridgehead atoms. The van der Waals surface area contributed by atoms with Crippen LogP contribution in [-0.2, 0) is 11.3 Å². The van der Waals surface area contributed by atoms with E-state index in [4.69, 9.17) is 5.26 Å². The summed E-state index contributed by atoms with van der Waals surface area (Å²) < 4.78 is 1.24. The molecule has 1 N–H and O–H groups in total. The number of hydrogen-bond donors (Lipinski definition) is 1. The van der Waals surface area contributed by atoms with Crippen molar-refractivity contribution in [2.45, 2.75) is 25.4 Å². The van der Waals surface area contributed by atoms with E-state index in [-0.39, 0.29) is 17.5 Å². The first kappa shape index (κ1) is 15.2. The second kappa shape index (κ2) is 5.85. The van der Waals surface area contributed by atoms with Gasteiger partial charge in [0.15, 0.2) is 5.65 Å². The van der Waals surface area contributed by atoms with E-state index in [9.17, 15) is 9.59 Å². The monoisotopic (exact) mass is 314 g/mol. The van der Waals surface area contributed by atoms with Gasteiger partial charge in [0.1, 0.15) is 11.6 Å². The van der Waals surface area contributed by atoms with Gasteiger partial charge in [-0.3, -0.25) is 19.6 Å². The number of carbonyl (C=O) groups excluding carboxylic acids is 1. The fourth-order valence-corrected chi connectivity index (χ4v) is 2.99. The lowest BCUT2D eigenvalue weighted by molar-refractivity contribution is -0.133. The standard InChI is InChI=1S/C15H18N6O2/c1-19(2)15(23)12-4-3-5-20(12)9-11-6-13(22)21-14(18-11)10(7-16)8-17-21/h6,8,12,17H,3-5,9H2,1-2H3. The quantitative estimate of drug-likeness (QED) is 0.856. The number of rotatable bonds is 3. The molecular formula is C15H18N6O2. The van der Waals surface area contributed by atoms with Crippen molar-refractivity contribution in [3.8, 4) is 6.07 Å². The van der Waals surface area contributed by atoms with Crippen LogP contribution in [-0.4, -0.2) is 57.0 Å². The maximum Gasteiger partial charge on any atom is 0.272 e. The van der Waals surface area contributed by atoms with Crippen molar-refractivity contribution >= 4 is 11.6 Å². The van der Waals surface area contributed by atoms with E-state index in [1.807, 2.05) is 11.0 Å². The number of likely N-dealkylation sites (tertiary alicyclic amines) is 1. The fraction of sp³-hybridized carbons (Fsp3) is 0.467. The molecule has 1 unspecified atom stereocenters. The lowest BCUT2D eigenvalue weighted by atomic mass is 10.2. The molecule has 1 atom stereocenters. The molecule has 3 rings (SSSR count). The van der Waals surface area contributed by atoms with E-state index in [2.05, 4.69) is 10.1 Å². The van der Waals surface area contributed by atoms with Gasteiger partial charge in [0.05, 0.1) is 11.7 Å². The van der Waals surface area contributed by atoms with Crippen LogP contribution in [0.25, 0.3) is 5.65 Å². The predicted octanol–water partition coefficient (Wildman–Crippen LogP) is -0.0531. The minimum absolute atomic E-state index is 0.0691. The van der Waals surface area contributed by atoms with Gasteiger partial charge in [-0.1, -0.05) is 0 Å². The number of aromatic nitrogens is 3. The van der Waals surface area contributed by atoms with Gasteiger partial charge >= 0.3 is 0 Å². The molecule has 23 heavy (non-hydrogen) atoms. The summed E-state index contributed by atoms with van der Waals surface area (Å²) in [6.45, 7) is 1.22. The first-order valence-electron chi connectivity index (χ1n) is 7.46. The van der Waals surface area contributed by atoms with Crippen molar-refractivity contribution < 1.29 is 4.79 Å². The van der Waals surface area contributed by atoms with Gasteiger partial charge in [0.2, 0.25) is 5.91 Å². The summed E-state index contributed by atoms with van der Waals surface area (Å²) in [5.41, 5.74) is 0.960. The molecule has 3 heterocycles. The highest BCUT2D eigenvalue weighted by molar-refractivity contribution is 5.81. The zero-order valence-electron chi connectivity index (χ0n) is 13.1. The van der Waals surface area contributed by atoms with Gasteiger partial charge in [-0.25, -0.2) is 9.50 Å². The summed E-state index contributed by atoms with van der Waals surface area (Å²) in [6, 6.07) is 3.28. The molecule has 0 aromatic carbocycles. The Kier molecular flexibility index (Phi) is 3.88. The molecule has 120 valence electrons. The van der Waals surface area contributed by atoms with Crippen LogP contribution in [0.4, 0.5) is 0 Å². The zero-order chi connectivity index (χ0) is 16.6. The normalized spacial score (nSPS) is 18.2. The maximum atomic E-state index is 12.2. The average molecular weight is 314 g/mol. The first-order chi connectivity index (χ1) is 11.0. The second-order valence-electron chi connectivity index (χ2n) is 5.90. The lowest BCUT2D eigenvalue weighted by Crippen LogP contribution is -2.42. The van der Waals surface area contributed by atoms with Crippen molar-refractivity contribution in [2.75, 3.05) is 20.6 Å². The Balaban J connectivity index is 1.91. The SMILES string of the molecule is CN(C)C(=O)C1CCCN1Cc1cc(=O)n2[nH]cc(C#N)c2n1. The van der Waals surface area contributed by atoms with Gasteiger partial charge in [0, 0.05) is 32.9 Å². The van der Waals surface area contributed by atoms with E-state index in [0.29, 0.717) is 23.4 Å². The predicted molar refractivity (Wildman–Crippen MR) is 82.7 cm³/mol. The van der Waals surface area contributed by atoms with Gasteiger partial charge in [-0.2, -0.15) is 5.26 Å². The highest BCUT2D eigenvalue weighted by Gasteiger charge is 2.32. The van der Waals surface area contributed by atoms with Crippen molar-refractivity contribution in [1.82, 2.24) is 24.4 Å². The summed E-state index contributed by atoms with van der Waals surface area (Å²) in [5.74, 6) is 0.0691. The molecule has 0 radical (unpaired) electrons. The molecule has 1 aliphatic heterocycles. The third kappa shape index (κ3) is 2.71. The number of nitrogens with one attached hydrogen (secondary N) is 1. The van der Waals surface area contributed by atoms with E-state index in [1.54, 1.807) is 19.0 Å². The summed E-state index contributed by atoms with van der Waals surface area (Å²) >= 11 is 0. The lowest BCUT2D eigenvalue weighted by Gasteiger charge is -2.25. The summed E-state index contributed by atoms with van der Waals surface area (Å²) in [5, 5.41) is 11.8. The molecule has 2 aromatic rings. The third-order valence-corrected chi connectivity index (χ3v) is 4.13. The number of aromatic amines is 1. The van der Waals surface area contributed by atoms with Crippen LogP contribution in [0.15, 0.2) is 17.1 Å². The van der Waals surface area contributed by atoms with Gasteiger partial charge in [-0.05, 0) is 19.4 Å². The topological polar surface area (TPSA) is 97.5 Å². The van der Waals surface area contributed by atoms with E-state index in [0.717, 1.165) is 19.4 Å². The fourth-order valence-electron chi connectivity index (χ4n) is 2.99. The van der Waals surface area contributed by atoms with Crippen LogP contribution >= 0.6 is 0 Å². The molecule has 1 amide bonds. The highest BCUT2D eigenvalue weighted by Crippen LogP contribution is 2.20. The van der Waals surface area contributed by atoms with Gasteiger partial charge < -0.3 is 4.90 Å². The molecular weight excluding hydrogens is 296 g/mol. The molecule has 0 aliphatic carbocycles. The Labute approximate surface area is 132 Å². The first-order valence-corrected chi connectivity index (χ1v) is 7.46. The molecule has 0 saturated carbocycles. The number of carbonyl (C=O) groups is 1. The van der Waals surface area contributed by atoms with Crippen molar-refractivity contribution in [2.24, 2.45) is 0 Å². The smallest absolute Gasteiger partial charge is 0.272 e. The number of amides is 1. The number of nitrogens with zero attached hydrogens (tertiary/aromatic N) is 5. The second-order valence-corrected chi connectivity index (χ2v) is 5.90. The molecule has 1 saturated heterocycles. The average Bonchev–Trinajstić information content (AvgIpc) is 3.13. The van der Waals surface area contributed by atoms with E-state index < -0.39 is 0 Å². The summed E-state index contributed by atoms with van der Waals surface area (Å²) in [7, 11) is 3.49. The minimum Gasteiger partial charge on any atom is -0.347 e. The van der Waals surface area contributed by atoms with Crippen LogP contribution < -0.4 is 5.56 Å². The molecule has 8 nitrogen and oxygen atoms in total. The zero-order valence-corrected chi connectivity index (χ0v) is 13.1. The van der Waals surface area contributed by atoms with Crippen molar-refractivity contribution in [3.05, 3.63) is 33.9 Å². The third-order valence-electron chi connectivity index (χ3n) is 4.13. The Morgan fingerprint density at radius 1 is 1.57 bits per heavy atom. The summed E-state index contributed by atoms with van der Waals surface area (Å²) in [4.78, 5) is 32.4. The maximum absolute atomic E-state index is 12.2. The van der Waals surface area contributed by atoms with Gasteiger partial charge in [0.25, 0.3) is 5.56 Å². The van der Waals surface area contributed by atoms with Crippen LogP contribution in [0.2, 0.25) is 0 Å². The van der Waals surface area contributed by atoms with E-state index in [1.165, 1.54) is 16.8 Å². The number of likely N-dealkylation sites (N-methyl/N-ethyl adjacent to an activating group) is 1. The van der Waals surface area contributed by atoms with E-state index >= 15 is 0 Å². The Morgan fingerprint density at radius 3 is 3.04 bits per heavy atom. The van der Waals surface area contributed by atoms with Crippen LogP contribution in [0, 0.1) is 11.3 Å². The van der Waals surface area contributed by atoms with Gasteiger partial charge in [-0.15, -0.1) is 0 Å². The number of nitriles is 1. The summed E-state index contributed by atoms with van der Waals surface area (Å²) in [6.07, 6.45) is 3.21. The molecule has 8 heteroatoms. The van der Waals surface area contributed by atoms with Crippen LogP contribution in [0.3, 0.4) is 0 Å². The highest BCUT2D eigenvalue weighted by atomic mass is 16.2. The largest absolute Gasteiger partial charge is 0.347 e.